The lowest BCUT2D eigenvalue weighted by molar-refractivity contribution is -0.161. The van der Waals surface area contributed by atoms with Crippen molar-refractivity contribution in [2.75, 3.05) is 39.6 Å². The highest BCUT2D eigenvalue weighted by Gasteiger charge is 2.30. The molecule has 0 bridgehead atoms. The van der Waals surface area contributed by atoms with E-state index < -0.39 is 97.5 Å². The van der Waals surface area contributed by atoms with Crippen LogP contribution in [-0.2, 0) is 65.4 Å². The van der Waals surface area contributed by atoms with E-state index in [1.807, 2.05) is 0 Å². The van der Waals surface area contributed by atoms with Gasteiger partial charge < -0.3 is 33.8 Å². The molecule has 0 saturated heterocycles. The number of unbranched alkanes of at least 4 members (excludes halogenated alkanes) is 37. The van der Waals surface area contributed by atoms with Gasteiger partial charge in [0.2, 0.25) is 0 Å². The van der Waals surface area contributed by atoms with Crippen molar-refractivity contribution in [3.63, 3.8) is 0 Å². The number of phosphoric acid groups is 2. The number of carbonyl (C=O) groups is 4. The fourth-order valence-corrected chi connectivity index (χ4v) is 12.6. The van der Waals surface area contributed by atoms with Crippen LogP contribution in [0.5, 0.6) is 0 Å². The predicted octanol–water partition coefficient (Wildman–Crippen LogP) is 21.0. The van der Waals surface area contributed by atoms with E-state index in [0.717, 1.165) is 108 Å². The number of hydrogen-bond acceptors (Lipinski definition) is 15. The first-order chi connectivity index (χ1) is 44.3. The van der Waals surface area contributed by atoms with Crippen molar-refractivity contribution in [1.29, 1.82) is 0 Å². The van der Waals surface area contributed by atoms with E-state index in [1.54, 1.807) is 0 Å². The first-order valence-corrected chi connectivity index (χ1v) is 40.9. The fraction of sp³-hybridized carbons (Fsp3) is 0.945. The molecule has 0 rings (SSSR count). The molecule has 0 aliphatic heterocycles. The Hall–Kier alpha value is -1.94. The Morgan fingerprint density at radius 3 is 0.826 bits per heavy atom. The summed E-state index contributed by atoms with van der Waals surface area (Å²) >= 11 is 0. The molecule has 7 atom stereocenters. The first-order valence-electron chi connectivity index (χ1n) is 37.9. The highest BCUT2D eigenvalue weighted by molar-refractivity contribution is 7.47. The van der Waals surface area contributed by atoms with Crippen molar-refractivity contribution in [3.8, 4) is 0 Å². The van der Waals surface area contributed by atoms with E-state index in [4.69, 9.17) is 37.0 Å². The molecule has 0 aromatic heterocycles. The zero-order chi connectivity index (χ0) is 68.0. The number of phosphoric ester groups is 2. The van der Waals surface area contributed by atoms with Crippen LogP contribution in [0, 0.1) is 17.8 Å². The lowest BCUT2D eigenvalue weighted by Gasteiger charge is -2.21. The molecule has 0 heterocycles. The molecule has 0 aromatic carbocycles. The van der Waals surface area contributed by atoms with Gasteiger partial charge in [0.1, 0.15) is 19.3 Å². The van der Waals surface area contributed by atoms with E-state index >= 15 is 0 Å². The maximum absolute atomic E-state index is 13.1. The van der Waals surface area contributed by atoms with E-state index in [1.165, 1.54) is 173 Å². The van der Waals surface area contributed by atoms with Crippen LogP contribution in [0.4, 0.5) is 0 Å². The minimum absolute atomic E-state index is 0.106. The average Bonchev–Trinajstić information content (AvgIpc) is 3.68. The molecular formula is C73H142O17P2. The summed E-state index contributed by atoms with van der Waals surface area (Å²) in [4.78, 5) is 72.7. The van der Waals surface area contributed by atoms with Gasteiger partial charge in [-0.15, -0.1) is 0 Å². The van der Waals surface area contributed by atoms with Crippen LogP contribution < -0.4 is 0 Å². The second-order valence-corrected chi connectivity index (χ2v) is 30.2. The van der Waals surface area contributed by atoms with Gasteiger partial charge in [-0.1, -0.05) is 318 Å². The topological polar surface area (TPSA) is 237 Å². The first kappa shape index (κ1) is 90.1. The van der Waals surface area contributed by atoms with Gasteiger partial charge in [-0.2, -0.15) is 0 Å². The number of aliphatic hydroxyl groups is 1. The molecule has 546 valence electrons. The maximum atomic E-state index is 13.1. The van der Waals surface area contributed by atoms with Crippen LogP contribution in [-0.4, -0.2) is 96.7 Å². The van der Waals surface area contributed by atoms with Crippen LogP contribution in [0.3, 0.4) is 0 Å². The predicted molar refractivity (Wildman–Crippen MR) is 372 cm³/mol. The minimum Gasteiger partial charge on any atom is -0.462 e. The fourth-order valence-electron chi connectivity index (χ4n) is 11.0. The zero-order valence-electron chi connectivity index (χ0n) is 60.0. The van der Waals surface area contributed by atoms with Gasteiger partial charge in [-0.25, -0.2) is 9.13 Å². The van der Waals surface area contributed by atoms with Crippen molar-refractivity contribution in [1.82, 2.24) is 0 Å². The molecule has 92 heavy (non-hydrogen) atoms. The number of ether oxygens (including phenoxy) is 4. The van der Waals surface area contributed by atoms with E-state index in [-0.39, 0.29) is 25.7 Å². The molecular weight excluding hydrogens is 1210 g/mol. The molecule has 4 unspecified atom stereocenters. The van der Waals surface area contributed by atoms with Gasteiger partial charge in [-0.3, -0.25) is 37.3 Å². The van der Waals surface area contributed by atoms with Gasteiger partial charge in [0.25, 0.3) is 0 Å². The third-order valence-electron chi connectivity index (χ3n) is 17.6. The monoisotopic (exact) mass is 1350 g/mol. The Morgan fingerprint density at radius 1 is 0.315 bits per heavy atom. The average molecular weight is 1350 g/mol. The molecule has 0 saturated carbocycles. The maximum Gasteiger partial charge on any atom is 0.472 e. The minimum atomic E-state index is -4.96. The van der Waals surface area contributed by atoms with Crippen LogP contribution in [0.2, 0.25) is 0 Å². The number of hydrogen-bond donors (Lipinski definition) is 3. The van der Waals surface area contributed by atoms with Gasteiger partial charge in [0.05, 0.1) is 26.4 Å². The summed E-state index contributed by atoms with van der Waals surface area (Å²) in [5.41, 5.74) is 0. The normalized spacial score (nSPS) is 14.7. The standard InChI is InChI=1S/C73H142O17P2/c1-8-11-12-13-14-15-16-17-18-19-27-34-42-49-56-72(77)90-69(61-84-71(76)55-48-41-36-29-30-37-44-51-64(4)5)63-88-92(81,82)86-59-67(74)58-85-91(79,80)87-62-68(89-73(78)57-50-43-35-28-23-21-25-32-39-46-53-66(7)10-3)60-83-70(75)54-47-40-33-26-22-20-24-31-38-45-52-65(6)9-2/h64-69,74H,8-63H2,1-7H3,(H,79,80)(H,81,82)/t65?,66?,67-,68-,69-/m1/s1. The van der Waals surface area contributed by atoms with Crippen molar-refractivity contribution < 1.29 is 80.2 Å². The van der Waals surface area contributed by atoms with Crippen LogP contribution in [0.15, 0.2) is 0 Å². The smallest absolute Gasteiger partial charge is 0.462 e. The Bertz CT molecular complexity index is 1810. The van der Waals surface area contributed by atoms with Gasteiger partial charge in [0, 0.05) is 25.7 Å². The number of esters is 4. The van der Waals surface area contributed by atoms with Crippen LogP contribution in [0.25, 0.3) is 0 Å². The molecule has 3 N–H and O–H groups in total. The van der Waals surface area contributed by atoms with E-state index in [0.29, 0.717) is 31.6 Å². The highest BCUT2D eigenvalue weighted by Crippen LogP contribution is 2.45. The summed E-state index contributed by atoms with van der Waals surface area (Å²) < 4.78 is 68.4. The number of rotatable bonds is 71. The Labute approximate surface area is 562 Å². The van der Waals surface area contributed by atoms with E-state index in [2.05, 4.69) is 48.5 Å². The summed E-state index contributed by atoms with van der Waals surface area (Å²) in [7, 11) is -9.91. The van der Waals surface area contributed by atoms with Crippen molar-refractivity contribution >= 4 is 39.5 Å². The van der Waals surface area contributed by atoms with Crippen molar-refractivity contribution in [2.45, 2.75) is 388 Å². The molecule has 0 aliphatic rings. The molecule has 0 aromatic rings. The van der Waals surface area contributed by atoms with Crippen molar-refractivity contribution in [2.24, 2.45) is 17.8 Å². The molecule has 0 amide bonds. The van der Waals surface area contributed by atoms with Crippen LogP contribution in [0.1, 0.15) is 370 Å². The largest absolute Gasteiger partial charge is 0.472 e. The molecule has 0 aliphatic carbocycles. The quantitative estimate of drug-likeness (QED) is 0.0222. The molecule has 19 heteroatoms. The third-order valence-corrected chi connectivity index (χ3v) is 19.5. The number of carbonyl (C=O) groups excluding carboxylic acids is 4. The van der Waals surface area contributed by atoms with E-state index in [9.17, 15) is 43.2 Å². The third kappa shape index (κ3) is 64.1. The van der Waals surface area contributed by atoms with Gasteiger partial charge in [-0.05, 0) is 43.4 Å². The SMILES string of the molecule is CCCCCCCCCCCCCCCCC(=O)O[C@H](COC(=O)CCCCCCCCCC(C)C)COP(=O)(O)OC[C@H](O)COP(=O)(O)OC[C@@H](COC(=O)CCCCCCCCCCCCC(C)CC)OC(=O)CCCCCCCCCCCCC(C)CC. The molecule has 0 radical (unpaired) electrons. The summed E-state index contributed by atoms with van der Waals surface area (Å²) in [5, 5.41) is 10.6. The van der Waals surface area contributed by atoms with Gasteiger partial charge in [0.15, 0.2) is 12.2 Å². The molecule has 17 nitrogen and oxygen atoms in total. The summed E-state index contributed by atoms with van der Waals surface area (Å²) in [6.45, 7) is 11.9. The summed E-state index contributed by atoms with van der Waals surface area (Å²) in [6, 6.07) is 0. The van der Waals surface area contributed by atoms with Gasteiger partial charge >= 0.3 is 39.5 Å². The second kappa shape index (κ2) is 63.8. The summed E-state index contributed by atoms with van der Waals surface area (Å²) in [5.74, 6) is 0.196. The molecule has 0 spiro atoms. The van der Waals surface area contributed by atoms with Crippen molar-refractivity contribution in [3.05, 3.63) is 0 Å². The zero-order valence-corrected chi connectivity index (χ0v) is 61.8. The summed E-state index contributed by atoms with van der Waals surface area (Å²) in [6.07, 6.45) is 48.4. The Kier molecular flexibility index (Phi) is 62.4. The second-order valence-electron chi connectivity index (χ2n) is 27.3. The van der Waals surface area contributed by atoms with Crippen LogP contribution >= 0.6 is 15.6 Å². The molecule has 0 fully saturated rings. The Morgan fingerprint density at radius 2 is 0.554 bits per heavy atom. The lowest BCUT2D eigenvalue weighted by Crippen LogP contribution is -2.30. The Balaban J connectivity index is 5.27. The number of aliphatic hydroxyl groups excluding tert-OH is 1. The lowest BCUT2D eigenvalue weighted by atomic mass is 9.99. The highest BCUT2D eigenvalue weighted by atomic mass is 31.2.